The lowest BCUT2D eigenvalue weighted by Gasteiger charge is -2.23. The molecule has 0 radical (unpaired) electrons. The maximum Gasteiger partial charge on any atom is 0.277 e. The van der Waals surface area contributed by atoms with Crippen molar-refractivity contribution in [3.8, 4) is 0 Å². The number of hydrogen-bond acceptors (Lipinski definition) is 6. The number of methoxy groups -OCH3 is 1. The van der Waals surface area contributed by atoms with Crippen molar-refractivity contribution in [3.63, 3.8) is 0 Å². The van der Waals surface area contributed by atoms with Crippen LogP contribution in [0.5, 0.6) is 0 Å². The number of ether oxygens (including phenoxy) is 1. The third kappa shape index (κ3) is 4.00. The van der Waals surface area contributed by atoms with Crippen LogP contribution in [0.3, 0.4) is 0 Å². The number of hydrogen-bond donors (Lipinski definition) is 0. The monoisotopic (exact) mass is 395 g/mol. The van der Waals surface area contributed by atoms with E-state index in [1.165, 1.54) is 4.68 Å². The predicted molar refractivity (Wildman–Crippen MR) is 118 cm³/mol. The molecule has 0 saturated carbocycles. The van der Waals surface area contributed by atoms with Crippen LogP contribution in [0.2, 0.25) is 0 Å². The summed E-state index contributed by atoms with van der Waals surface area (Å²) in [5, 5.41) is 4.41. The number of aryl methyl sites for hydroxylation is 2. The SMILES string of the molecule is CCc1c(C)nc2n(c1=O)N=C(C)C2=Nc1ccc(N(CC)CCOC)cc1C. The van der Waals surface area contributed by atoms with E-state index in [4.69, 9.17) is 9.73 Å². The van der Waals surface area contributed by atoms with Crippen LogP contribution >= 0.6 is 0 Å². The Morgan fingerprint density at radius 3 is 2.59 bits per heavy atom. The quantitative estimate of drug-likeness (QED) is 0.721. The largest absolute Gasteiger partial charge is 0.383 e. The number of likely N-dealkylation sites (N-methyl/N-ethyl adjacent to an activating group) is 1. The molecule has 7 heteroatoms. The first kappa shape index (κ1) is 20.9. The Morgan fingerprint density at radius 2 is 1.97 bits per heavy atom. The van der Waals surface area contributed by atoms with Crippen LogP contribution in [0, 0.1) is 13.8 Å². The van der Waals surface area contributed by atoms with Gasteiger partial charge in [-0.3, -0.25) is 4.79 Å². The minimum absolute atomic E-state index is 0.108. The predicted octanol–water partition coefficient (Wildman–Crippen LogP) is 3.25. The van der Waals surface area contributed by atoms with Crippen molar-refractivity contribution in [2.75, 3.05) is 31.7 Å². The highest BCUT2D eigenvalue weighted by atomic mass is 16.5. The number of fused-ring (bicyclic) bond motifs is 1. The van der Waals surface area contributed by atoms with Gasteiger partial charge in [-0.25, -0.2) is 9.98 Å². The maximum atomic E-state index is 12.7. The van der Waals surface area contributed by atoms with E-state index < -0.39 is 0 Å². The summed E-state index contributed by atoms with van der Waals surface area (Å²) in [7, 11) is 1.71. The molecule has 7 nitrogen and oxygen atoms in total. The zero-order chi connectivity index (χ0) is 21.1. The van der Waals surface area contributed by atoms with E-state index in [2.05, 4.69) is 34.0 Å². The summed E-state index contributed by atoms with van der Waals surface area (Å²) < 4.78 is 6.59. The van der Waals surface area contributed by atoms with Gasteiger partial charge in [0.15, 0.2) is 5.82 Å². The molecule has 1 aliphatic heterocycles. The summed E-state index contributed by atoms with van der Waals surface area (Å²) in [6.07, 6.45) is 0.635. The number of benzene rings is 1. The molecular weight excluding hydrogens is 366 g/mol. The lowest BCUT2D eigenvalue weighted by atomic mass is 10.1. The van der Waals surface area contributed by atoms with E-state index >= 15 is 0 Å². The van der Waals surface area contributed by atoms with Crippen molar-refractivity contribution >= 4 is 22.8 Å². The summed E-state index contributed by atoms with van der Waals surface area (Å²) in [5.41, 5.74) is 5.72. The molecule has 3 rings (SSSR count). The molecule has 0 amide bonds. The molecule has 0 N–H and O–H groups in total. The van der Waals surface area contributed by atoms with Gasteiger partial charge in [0.25, 0.3) is 5.56 Å². The van der Waals surface area contributed by atoms with E-state index in [0.29, 0.717) is 35.8 Å². The molecule has 0 fully saturated rings. The average molecular weight is 396 g/mol. The van der Waals surface area contributed by atoms with Gasteiger partial charge in [-0.15, -0.1) is 0 Å². The number of anilines is 1. The summed E-state index contributed by atoms with van der Waals surface area (Å²) in [6, 6.07) is 6.21. The Bertz CT molecular complexity index is 1040. The summed E-state index contributed by atoms with van der Waals surface area (Å²) in [6.45, 7) is 12.3. The van der Waals surface area contributed by atoms with Gasteiger partial charge in [0.05, 0.1) is 18.0 Å². The zero-order valence-corrected chi connectivity index (χ0v) is 18.1. The van der Waals surface area contributed by atoms with Gasteiger partial charge in [0.1, 0.15) is 5.71 Å². The Balaban J connectivity index is 2.00. The first-order valence-electron chi connectivity index (χ1n) is 10.0. The first-order chi connectivity index (χ1) is 13.9. The standard InChI is InChI=1S/C22H29N5O2/c1-7-18-15(4)23-21-20(16(5)25-27(21)22(18)28)24-19-10-9-17(13-14(19)3)26(8-2)11-12-29-6/h9-10,13H,7-8,11-12H2,1-6H3. The molecule has 154 valence electrons. The molecule has 0 aliphatic carbocycles. The van der Waals surface area contributed by atoms with Gasteiger partial charge in [-0.1, -0.05) is 6.92 Å². The summed E-state index contributed by atoms with van der Waals surface area (Å²) >= 11 is 0. The number of aliphatic imine (C=N–C) groups is 1. The molecule has 0 saturated heterocycles. The van der Waals surface area contributed by atoms with Crippen molar-refractivity contribution in [1.29, 1.82) is 0 Å². The third-order valence-electron chi connectivity index (χ3n) is 5.24. The van der Waals surface area contributed by atoms with E-state index in [-0.39, 0.29) is 5.56 Å². The Kier molecular flexibility index (Phi) is 6.27. The van der Waals surface area contributed by atoms with E-state index in [0.717, 1.165) is 35.7 Å². The second kappa shape index (κ2) is 8.69. The third-order valence-corrected chi connectivity index (χ3v) is 5.24. The highest BCUT2D eigenvalue weighted by Gasteiger charge is 2.25. The minimum Gasteiger partial charge on any atom is -0.383 e. The molecule has 0 bridgehead atoms. The second-order valence-electron chi connectivity index (χ2n) is 7.16. The number of aromatic nitrogens is 2. The lowest BCUT2D eigenvalue weighted by molar-refractivity contribution is 0.205. The minimum atomic E-state index is -0.108. The molecule has 0 atom stereocenters. The van der Waals surface area contributed by atoms with Crippen molar-refractivity contribution in [1.82, 2.24) is 9.66 Å². The van der Waals surface area contributed by atoms with Gasteiger partial charge < -0.3 is 9.64 Å². The number of rotatable bonds is 7. The Hall–Kier alpha value is -2.80. The molecule has 1 aliphatic rings. The smallest absolute Gasteiger partial charge is 0.277 e. The van der Waals surface area contributed by atoms with Crippen LogP contribution in [0.1, 0.15) is 43.4 Å². The van der Waals surface area contributed by atoms with Gasteiger partial charge in [0, 0.05) is 37.1 Å². The highest BCUT2D eigenvalue weighted by molar-refractivity contribution is 6.48. The van der Waals surface area contributed by atoms with Crippen molar-refractivity contribution in [2.45, 2.75) is 41.0 Å². The van der Waals surface area contributed by atoms with Crippen LogP contribution in [0.15, 0.2) is 33.1 Å². The molecule has 2 aromatic rings. The van der Waals surface area contributed by atoms with E-state index in [1.807, 2.05) is 33.8 Å². The fraction of sp³-hybridized carbons (Fsp3) is 0.455. The molecule has 1 aromatic heterocycles. The van der Waals surface area contributed by atoms with Crippen LogP contribution in [0.4, 0.5) is 11.4 Å². The van der Waals surface area contributed by atoms with Gasteiger partial charge in [-0.05, 0) is 57.9 Å². The first-order valence-corrected chi connectivity index (χ1v) is 10.0. The average Bonchev–Trinajstić information content (AvgIpc) is 3.00. The molecule has 0 unspecified atom stereocenters. The van der Waals surface area contributed by atoms with Crippen molar-refractivity contribution < 1.29 is 4.74 Å². The summed E-state index contributed by atoms with van der Waals surface area (Å²) in [5.74, 6) is 0.515. The fourth-order valence-corrected chi connectivity index (χ4v) is 3.55. The topological polar surface area (TPSA) is 72.1 Å². The van der Waals surface area contributed by atoms with Crippen LogP contribution in [-0.2, 0) is 11.2 Å². The molecule has 29 heavy (non-hydrogen) atoms. The van der Waals surface area contributed by atoms with Crippen molar-refractivity contribution in [3.05, 3.63) is 51.2 Å². The molecule has 1 aromatic carbocycles. The Labute approximate surface area is 171 Å². The molecule has 0 spiro atoms. The van der Waals surface area contributed by atoms with E-state index in [9.17, 15) is 4.79 Å². The number of nitrogens with zero attached hydrogens (tertiary/aromatic N) is 5. The molecule has 2 heterocycles. The zero-order valence-electron chi connectivity index (χ0n) is 18.1. The lowest BCUT2D eigenvalue weighted by Crippen LogP contribution is -2.26. The fourth-order valence-electron chi connectivity index (χ4n) is 3.55. The van der Waals surface area contributed by atoms with Crippen LogP contribution in [-0.4, -0.2) is 47.9 Å². The van der Waals surface area contributed by atoms with Crippen LogP contribution in [0.25, 0.3) is 0 Å². The van der Waals surface area contributed by atoms with Gasteiger partial charge in [-0.2, -0.15) is 9.78 Å². The Morgan fingerprint density at radius 1 is 1.21 bits per heavy atom. The van der Waals surface area contributed by atoms with Gasteiger partial charge in [0.2, 0.25) is 0 Å². The van der Waals surface area contributed by atoms with E-state index in [1.54, 1.807) is 7.11 Å². The molecular formula is C22H29N5O2. The van der Waals surface area contributed by atoms with Gasteiger partial charge >= 0.3 is 0 Å². The summed E-state index contributed by atoms with van der Waals surface area (Å²) in [4.78, 5) is 24.4. The second-order valence-corrected chi connectivity index (χ2v) is 7.16. The highest BCUT2D eigenvalue weighted by Crippen LogP contribution is 2.26. The van der Waals surface area contributed by atoms with Crippen LogP contribution < -0.4 is 10.5 Å². The van der Waals surface area contributed by atoms with Crippen molar-refractivity contribution in [2.24, 2.45) is 10.1 Å². The maximum absolute atomic E-state index is 12.7. The normalized spacial score (nSPS) is 14.3.